The molecule has 1 saturated heterocycles. The van der Waals surface area contributed by atoms with Gasteiger partial charge in [0, 0.05) is 19.6 Å². The van der Waals surface area contributed by atoms with Crippen molar-refractivity contribution >= 4 is 0 Å². The molecule has 1 unspecified atom stereocenters. The zero-order valence-corrected chi connectivity index (χ0v) is 12.3. The monoisotopic (exact) mass is 281 g/mol. The van der Waals surface area contributed by atoms with Gasteiger partial charge in [0.15, 0.2) is 0 Å². The lowest BCUT2D eigenvalue weighted by molar-refractivity contribution is -0.0681. The average Bonchev–Trinajstić information content (AvgIpc) is 2.48. The van der Waals surface area contributed by atoms with E-state index in [2.05, 4.69) is 4.90 Å². The summed E-state index contributed by atoms with van der Waals surface area (Å²) in [4.78, 5) is 2.24. The van der Waals surface area contributed by atoms with E-state index in [4.69, 9.17) is 4.74 Å². The number of hydrogen-bond donors (Lipinski definition) is 1. The van der Waals surface area contributed by atoms with Crippen LogP contribution >= 0.6 is 0 Å². The maximum atomic E-state index is 13.0. The van der Waals surface area contributed by atoms with E-state index in [0.29, 0.717) is 13.2 Å². The molecule has 2 rings (SSSR count). The molecule has 1 heterocycles. The van der Waals surface area contributed by atoms with Gasteiger partial charge in [-0.15, -0.1) is 0 Å². The van der Waals surface area contributed by atoms with Crippen LogP contribution in [0.5, 0.6) is 0 Å². The Balaban J connectivity index is 2.00. The van der Waals surface area contributed by atoms with E-state index in [1.54, 1.807) is 12.1 Å². The minimum Gasteiger partial charge on any atom is -0.389 e. The highest BCUT2D eigenvalue weighted by atomic mass is 19.1. The molecule has 1 aliphatic rings. The molecule has 1 aromatic carbocycles. The third-order valence-corrected chi connectivity index (χ3v) is 4.23. The Morgan fingerprint density at radius 3 is 2.55 bits per heavy atom. The number of aliphatic hydroxyl groups is 1. The molecule has 0 radical (unpaired) electrons. The summed E-state index contributed by atoms with van der Waals surface area (Å²) in [5.74, 6) is -0.229. The minimum atomic E-state index is -0.620. The van der Waals surface area contributed by atoms with Gasteiger partial charge in [0.1, 0.15) is 5.82 Å². The molecule has 20 heavy (non-hydrogen) atoms. The van der Waals surface area contributed by atoms with Crippen LogP contribution in [0.3, 0.4) is 0 Å². The van der Waals surface area contributed by atoms with Crippen molar-refractivity contribution in [1.82, 2.24) is 4.90 Å². The van der Waals surface area contributed by atoms with Crippen LogP contribution < -0.4 is 0 Å². The van der Waals surface area contributed by atoms with E-state index in [0.717, 1.165) is 31.5 Å². The van der Waals surface area contributed by atoms with Crippen molar-refractivity contribution in [2.24, 2.45) is 0 Å². The Labute approximate surface area is 120 Å². The van der Waals surface area contributed by atoms with E-state index < -0.39 is 5.60 Å². The van der Waals surface area contributed by atoms with Crippen LogP contribution in [0.15, 0.2) is 24.3 Å². The third-order valence-electron chi connectivity index (χ3n) is 4.23. The summed E-state index contributed by atoms with van der Waals surface area (Å²) in [6.07, 6.45) is 1.46. The predicted octanol–water partition coefficient (Wildman–Crippen LogP) is 2.75. The second-order valence-corrected chi connectivity index (χ2v) is 5.58. The van der Waals surface area contributed by atoms with Gasteiger partial charge in [-0.2, -0.15) is 0 Å². The molecule has 1 atom stereocenters. The fourth-order valence-electron chi connectivity index (χ4n) is 2.62. The molecule has 0 bridgehead atoms. The first-order chi connectivity index (χ1) is 9.56. The van der Waals surface area contributed by atoms with Crippen LogP contribution in [0, 0.1) is 5.82 Å². The molecule has 0 spiro atoms. The fourth-order valence-corrected chi connectivity index (χ4v) is 2.62. The minimum absolute atomic E-state index is 0.0395. The summed E-state index contributed by atoms with van der Waals surface area (Å²) in [5.41, 5.74) is 0.373. The lowest BCUT2D eigenvalue weighted by atomic mass is 9.96. The van der Waals surface area contributed by atoms with E-state index in [1.807, 2.05) is 13.8 Å². The van der Waals surface area contributed by atoms with Gasteiger partial charge < -0.3 is 9.84 Å². The van der Waals surface area contributed by atoms with E-state index >= 15 is 0 Å². The molecule has 0 amide bonds. The molecule has 1 N–H and O–H groups in total. The SMILES string of the molecule is CCC(O)(CC)CN1CCOC(c2ccc(F)cc2)C1. The van der Waals surface area contributed by atoms with Gasteiger partial charge in [-0.25, -0.2) is 4.39 Å². The molecule has 112 valence electrons. The van der Waals surface area contributed by atoms with Crippen LogP contribution in [-0.2, 0) is 4.74 Å². The van der Waals surface area contributed by atoms with E-state index in [9.17, 15) is 9.50 Å². The Morgan fingerprint density at radius 1 is 1.30 bits per heavy atom. The van der Waals surface area contributed by atoms with Gasteiger partial charge in [0.25, 0.3) is 0 Å². The van der Waals surface area contributed by atoms with Crippen molar-refractivity contribution in [1.29, 1.82) is 0 Å². The van der Waals surface area contributed by atoms with Gasteiger partial charge in [0.05, 0.1) is 18.3 Å². The second kappa shape index (κ2) is 6.66. The molecule has 4 heteroatoms. The number of morpholine rings is 1. The largest absolute Gasteiger partial charge is 0.389 e. The molecule has 1 aliphatic heterocycles. The highest BCUT2D eigenvalue weighted by Crippen LogP contribution is 2.25. The smallest absolute Gasteiger partial charge is 0.123 e. The zero-order chi connectivity index (χ0) is 14.6. The summed E-state index contributed by atoms with van der Waals surface area (Å²) in [7, 11) is 0. The molecular weight excluding hydrogens is 257 g/mol. The summed E-state index contributed by atoms with van der Waals surface area (Å²) < 4.78 is 18.7. The topological polar surface area (TPSA) is 32.7 Å². The Hall–Kier alpha value is -0.970. The Kier molecular flexibility index (Phi) is 5.13. The van der Waals surface area contributed by atoms with Gasteiger partial charge >= 0.3 is 0 Å². The Bertz CT molecular complexity index is 417. The highest BCUT2D eigenvalue weighted by Gasteiger charge is 2.29. The lowest BCUT2D eigenvalue weighted by Gasteiger charge is -2.38. The number of ether oxygens (including phenoxy) is 1. The average molecular weight is 281 g/mol. The molecule has 0 saturated carbocycles. The number of rotatable bonds is 5. The first-order valence-corrected chi connectivity index (χ1v) is 7.38. The van der Waals surface area contributed by atoms with Crippen molar-refractivity contribution in [3.05, 3.63) is 35.6 Å². The number of benzene rings is 1. The maximum absolute atomic E-state index is 13.0. The van der Waals surface area contributed by atoms with Crippen molar-refractivity contribution < 1.29 is 14.2 Å². The number of halogens is 1. The van der Waals surface area contributed by atoms with Gasteiger partial charge in [0.2, 0.25) is 0 Å². The normalized spacial score (nSPS) is 21.1. The third kappa shape index (κ3) is 3.78. The standard InChI is InChI=1S/C16H24FNO2/c1-3-16(19,4-2)12-18-9-10-20-15(11-18)13-5-7-14(17)8-6-13/h5-8,15,19H,3-4,9-12H2,1-2H3. The number of β-amino-alcohol motifs (C(OH)–C–C–N with tert-alkyl or cyclic N) is 1. The molecule has 0 aliphatic carbocycles. The summed E-state index contributed by atoms with van der Waals surface area (Å²) >= 11 is 0. The molecule has 1 aromatic rings. The summed E-state index contributed by atoms with van der Waals surface area (Å²) in [5, 5.41) is 10.4. The second-order valence-electron chi connectivity index (χ2n) is 5.58. The van der Waals surface area contributed by atoms with Crippen molar-refractivity contribution in [2.45, 2.75) is 38.4 Å². The molecule has 3 nitrogen and oxygen atoms in total. The number of nitrogens with zero attached hydrogens (tertiary/aromatic N) is 1. The first-order valence-electron chi connectivity index (χ1n) is 7.38. The maximum Gasteiger partial charge on any atom is 0.123 e. The van der Waals surface area contributed by atoms with Crippen LogP contribution in [0.2, 0.25) is 0 Å². The summed E-state index contributed by atoms with van der Waals surface area (Å²) in [6.45, 7) is 6.92. The van der Waals surface area contributed by atoms with Gasteiger partial charge in [-0.05, 0) is 30.5 Å². The highest BCUT2D eigenvalue weighted by molar-refractivity contribution is 5.19. The van der Waals surface area contributed by atoms with Crippen molar-refractivity contribution in [2.75, 3.05) is 26.2 Å². The van der Waals surface area contributed by atoms with Crippen molar-refractivity contribution in [3.8, 4) is 0 Å². The predicted molar refractivity (Wildman–Crippen MR) is 77.1 cm³/mol. The van der Waals surface area contributed by atoms with Gasteiger partial charge in [-0.3, -0.25) is 4.90 Å². The molecular formula is C16H24FNO2. The van der Waals surface area contributed by atoms with Crippen LogP contribution in [0.1, 0.15) is 38.4 Å². The zero-order valence-electron chi connectivity index (χ0n) is 12.3. The van der Waals surface area contributed by atoms with Gasteiger partial charge in [-0.1, -0.05) is 26.0 Å². The summed E-state index contributed by atoms with van der Waals surface area (Å²) in [6, 6.07) is 6.48. The van der Waals surface area contributed by atoms with E-state index in [-0.39, 0.29) is 11.9 Å². The fraction of sp³-hybridized carbons (Fsp3) is 0.625. The Morgan fingerprint density at radius 2 is 1.95 bits per heavy atom. The quantitative estimate of drug-likeness (QED) is 0.901. The lowest BCUT2D eigenvalue weighted by Crippen LogP contribution is -2.47. The molecule has 1 fully saturated rings. The van der Waals surface area contributed by atoms with Crippen molar-refractivity contribution in [3.63, 3.8) is 0 Å². The van der Waals surface area contributed by atoms with E-state index in [1.165, 1.54) is 12.1 Å². The first kappa shape index (κ1) is 15.4. The van der Waals surface area contributed by atoms with Crippen LogP contribution in [0.4, 0.5) is 4.39 Å². The molecule has 0 aromatic heterocycles. The van der Waals surface area contributed by atoms with Crippen LogP contribution in [-0.4, -0.2) is 41.8 Å². The van der Waals surface area contributed by atoms with Crippen LogP contribution in [0.25, 0.3) is 0 Å². The number of hydrogen-bond acceptors (Lipinski definition) is 3.